The second-order valence-corrected chi connectivity index (χ2v) is 6.37. The highest BCUT2D eigenvalue weighted by atomic mass is 32.1. The van der Waals surface area contributed by atoms with Gasteiger partial charge < -0.3 is 20.5 Å². The fourth-order valence-electron chi connectivity index (χ4n) is 2.23. The normalized spacial score (nSPS) is 11.6. The van der Waals surface area contributed by atoms with Crippen molar-refractivity contribution >= 4 is 23.4 Å². The lowest BCUT2D eigenvalue weighted by Crippen LogP contribution is -2.29. The van der Waals surface area contributed by atoms with Crippen molar-refractivity contribution in [3.05, 3.63) is 52.0 Å². The second-order valence-electron chi connectivity index (χ2n) is 5.48. The van der Waals surface area contributed by atoms with E-state index in [1.165, 1.54) is 11.3 Å². The molecular weight excluding hydrogens is 354 g/mol. The first-order valence-corrected chi connectivity index (χ1v) is 9.31. The molecule has 1 atom stereocenters. The van der Waals surface area contributed by atoms with Crippen LogP contribution in [0.3, 0.4) is 0 Å². The number of nitrogens with one attached hydrogen (secondary N) is 1. The van der Waals surface area contributed by atoms with E-state index in [2.05, 4.69) is 10.3 Å². The molecule has 0 bridgehead atoms. The van der Waals surface area contributed by atoms with Crippen LogP contribution < -0.4 is 11.1 Å². The zero-order valence-electron chi connectivity index (χ0n) is 14.6. The summed E-state index contributed by atoms with van der Waals surface area (Å²) in [6, 6.07) is 9.06. The van der Waals surface area contributed by atoms with Crippen LogP contribution in [0.25, 0.3) is 0 Å². The van der Waals surface area contributed by atoms with Crippen molar-refractivity contribution < 1.29 is 19.1 Å². The van der Waals surface area contributed by atoms with Gasteiger partial charge in [-0.05, 0) is 31.9 Å². The fourth-order valence-corrected chi connectivity index (χ4v) is 3.11. The molecular formula is C18H23N3O4S. The molecule has 1 aromatic heterocycles. The van der Waals surface area contributed by atoms with Crippen LogP contribution in [0.5, 0.6) is 0 Å². The molecule has 8 heteroatoms. The summed E-state index contributed by atoms with van der Waals surface area (Å²) in [6.45, 7) is 2.70. The van der Waals surface area contributed by atoms with Crippen LogP contribution in [0.4, 0.5) is 4.79 Å². The molecule has 0 fully saturated rings. The van der Waals surface area contributed by atoms with Gasteiger partial charge in [-0.1, -0.05) is 30.3 Å². The Morgan fingerprint density at radius 3 is 2.73 bits per heavy atom. The summed E-state index contributed by atoms with van der Waals surface area (Å²) in [7, 11) is 0. The zero-order valence-corrected chi connectivity index (χ0v) is 15.5. The summed E-state index contributed by atoms with van der Waals surface area (Å²) >= 11 is 1.30. The van der Waals surface area contributed by atoms with Gasteiger partial charge in [-0.15, -0.1) is 11.3 Å². The maximum atomic E-state index is 12.1. The molecule has 140 valence electrons. The molecule has 7 nitrogen and oxygen atoms in total. The molecule has 0 radical (unpaired) electrons. The van der Waals surface area contributed by atoms with E-state index in [1.807, 2.05) is 30.3 Å². The van der Waals surface area contributed by atoms with Crippen molar-refractivity contribution in [1.29, 1.82) is 0 Å². The molecule has 0 spiro atoms. The van der Waals surface area contributed by atoms with Crippen LogP contribution in [-0.4, -0.2) is 30.2 Å². The van der Waals surface area contributed by atoms with Gasteiger partial charge in [0.25, 0.3) is 0 Å². The van der Waals surface area contributed by atoms with Gasteiger partial charge in [-0.2, -0.15) is 0 Å². The number of nitrogens with two attached hydrogens (primary N) is 1. The first-order valence-electron chi connectivity index (χ1n) is 8.43. The van der Waals surface area contributed by atoms with Crippen LogP contribution >= 0.6 is 11.3 Å². The summed E-state index contributed by atoms with van der Waals surface area (Å²) in [4.78, 5) is 28.2. The number of carbonyl (C=O) groups is 2. The summed E-state index contributed by atoms with van der Waals surface area (Å²) in [5.41, 5.74) is 6.72. The Bertz CT molecular complexity index is 705. The molecule has 0 unspecified atom stereocenters. The van der Waals surface area contributed by atoms with E-state index in [-0.39, 0.29) is 24.9 Å². The number of hydrogen-bond acceptors (Lipinski definition) is 7. The summed E-state index contributed by atoms with van der Waals surface area (Å²) in [5, 5.41) is 5.05. The van der Waals surface area contributed by atoms with E-state index < -0.39 is 12.1 Å². The number of alkyl carbamates (subject to hydrolysis) is 1. The molecule has 2 rings (SSSR count). The van der Waals surface area contributed by atoms with Gasteiger partial charge in [0.2, 0.25) is 0 Å². The third-order valence-electron chi connectivity index (χ3n) is 3.51. The highest BCUT2D eigenvalue weighted by Gasteiger charge is 2.21. The number of benzene rings is 1. The molecule has 1 amide bonds. The van der Waals surface area contributed by atoms with E-state index >= 15 is 0 Å². The third-order valence-corrected chi connectivity index (χ3v) is 4.46. The number of hydrogen-bond donors (Lipinski definition) is 2. The number of esters is 1. The molecule has 26 heavy (non-hydrogen) atoms. The Hall–Kier alpha value is -2.45. The molecule has 2 aromatic rings. The zero-order chi connectivity index (χ0) is 18.8. The van der Waals surface area contributed by atoms with Crippen molar-refractivity contribution in [2.45, 2.75) is 32.4 Å². The van der Waals surface area contributed by atoms with Gasteiger partial charge in [0.15, 0.2) is 5.69 Å². The predicted octanol–water partition coefficient (Wildman–Crippen LogP) is 3.03. The molecule has 0 aliphatic carbocycles. The van der Waals surface area contributed by atoms with Crippen LogP contribution in [0, 0.1) is 0 Å². The van der Waals surface area contributed by atoms with E-state index in [1.54, 1.807) is 12.3 Å². The summed E-state index contributed by atoms with van der Waals surface area (Å²) in [6.07, 6.45) is 0.772. The molecule has 0 aliphatic rings. The Kier molecular flexibility index (Phi) is 8.04. The Morgan fingerprint density at radius 1 is 1.27 bits per heavy atom. The SMILES string of the molecule is CCOC(=O)c1csc([C@H](CCCN)NC(=O)OCc2ccccc2)n1. The number of carbonyl (C=O) groups excluding carboxylic acids is 2. The van der Waals surface area contributed by atoms with E-state index in [4.69, 9.17) is 15.2 Å². The van der Waals surface area contributed by atoms with Crippen LogP contribution in [0.1, 0.15) is 46.9 Å². The van der Waals surface area contributed by atoms with Gasteiger partial charge in [0.1, 0.15) is 11.6 Å². The highest BCUT2D eigenvalue weighted by molar-refractivity contribution is 7.09. The number of aromatic nitrogens is 1. The summed E-state index contributed by atoms with van der Waals surface area (Å²) in [5.74, 6) is -0.473. The molecule has 0 saturated carbocycles. The van der Waals surface area contributed by atoms with Gasteiger partial charge in [0, 0.05) is 5.38 Å². The third kappa shape index (κ3) is 6.12. The Balaban J connectivity index is 1.97. The first-order chi connectivity index (χ1) is 12.6. The van der Waals surface area contributed by atoms with Crippen molar-refractivity contribution in [3.8, 4) is 0 Å². The number of ether oxygens (including phenoxy) is 2. The van der Waals surface area contributed by atoms with Crippen molar-refractivity contribution in [1.82, 2.24) is 10.3 Å². The maximum Gasteiger partial charge on any atom is 0.408 e. The minimum Gasteiger partial charge on any atom is -0.461 e. The lowest BCUT2D eigenvalue weighted by molar-refractivity contribution is 0.0520. The van der Waals surface area contributed by atoms with Crippen molar-refractivity contribution in [2.24, 2.45) is 5.73 Å². The average Bonchev–Trinajstić information content (AvgIpc) is 3.15. The number of rotatable bonds is 9. The van der Waals surface area contributed by atoms with Gasteiger partial charge >= 0.3 is 12.1 Å². The lowest BCUT2D eigenvalue weighted by atomic mass is 10.1. The average molecular weight is 377 g/mol. The molecule has 0 aliphatic heterocycles. The number of amides is 1. The quantitative estimate of drug-likeness (QED) is 0.651. The van der Waals surface area contributed by atoms with Crippen LogP contribution in [0.2, 0.25) is 0 Å². The Morgan fingerprint density at radius 2 is 2.04 bits per heavy atom. The lowest BCUT2D eigenvalue weighted by Gasteiger charge is -2.16. The molecule has 3 N–H and O–H groups in total. The molecule has 0 saturated heterocycles. The number of thiazole rings is 1. The smallest absolute Gasteiger partial charge is 0.408 e. The first kappa shape index (κ1) is 19.9. The van der Waals surface area contributed by atoms with E-state index in [9.17, 15) is 9.59 Å². The number of nitrogens with zero attached hydrogens (tertiary/aromatic N) is 1. The van der Waals surface area contributed by atoms with Crippen molar-refractivity contribution in [3.63, 3.8) is 0 Å². The predicted molar refractivity (Wildman–Crippen MR) is 98.9 cm³/mol. The fraction of sp³-hybridized carbons (Fsp3) is 0.389. The minimum absolute atomic E-state index is 0.183. The van der Waals surface area contributed by atoms with Gasteiger partial charge in [-0.25, -0.2) is 14.6 Å². The van der Waals surface area contributed by atoms with E-state index in [0.29, 0.717) is 24.4 Å². The van der Waals surface area contributed by atoms with Crippen molar-refractivity contribution in [2.75, 3.05) is 13.2 Å². The summed E-state index contributed by atoms with van der Waals surface area (Å²) < 4.78 is 10.2. The Labute approximate surface area is 156 Å². The second kappa shape index (κ2) is 10.5. The van der Waals surface area contributed by atoms with E-state index in [0.717, 1.165) is 5.56 Å². The highest BCUT2D eigenvalue weighted by Crippen LogP contribution is 2.23. The van der Waals surface area contributed by atoms with Crippen LogP contribution in [-0.2, 0) is 16.1 Å². The minimum atomic E-state index is -0.538. The largest absolute Gasteiger partial charge is 0.461 e. The molecule has 1 heterocycles. The topological polar surface area (TPSA) is 104 Å². The molecule has 1 aromatic carbocycles. The van der Waals surface area contributed by atoms with Crippen LogP contribution in [0.15, 0.2) is 35.7 Å². The van der Waals surface area contributed by atoms with Gasteiger partial charge in [0.05, 0.1) is 12.6 Å². The maximum absolute atomic E-state index is 12.1. The van der Waals surface area contributed by atoms with Gasteiger partial charge in [-0.3, -0.25) is 0 Å². The standard InChI is InChI=1S/C18H23N3O4S/c1-2-24-17(22)15-12-26-16(20-15)14(9-6-10-19)21-18(23)25-11-13-7-4-3-5-8-13/h3-5,7-8,12,14H,2,6,9-11,19H2,1H3,(H,21,23)/t14-/m0/s1. The monoisotopic (exact) mass is 377 g/mol.